The molecule has 5 heterocycles. The van der Waals surface area contributed by atoms with Crippen LogP contribution in [0.3, 0.4) is 0 Å². The van der Waals surface area contributed by atoms with Crippen molar-refractivity contribution in [3.8, 4) is 23.0 Å². The van der Waals surface area contributed by atoms with Gasteiger partial charge in [-0.3, -0.25) is 14.0 Å². The Morgan fingerprint density at radius 2 is 2.02 bits per heavy atom. The van der Waals surface area contributed by atoms with Gasteiger partial charge in [0.15, 0.2) is 0 Å². The van der Waals surface area contributed by atoms with E-state index in [1.807, 2.05) is 61.4 Å². The standard InChI is InChI=1S/C29H40N8O4/c1-8-35-13-19(4)41-29-27(23(17-39-7)32-34(29)6)22-14-36-24(20(5)31-22)12-30-26(36)11-10-21-25(15-35)37(18(3)16-38)33-28(21)40-9-2/h10-12,14,18-19,38H,8-9,13,15-17H2,1-7H3/b11-10+/t18-,19-/m0/s1. The van der Waals surface area contributed by atoms with Crippen molar-refractivity contribution in [2.24, 2.45) is 7.05 Å². The molecular formula is C29H40N8O4. The smallest absolute Gasteiger partial charge is 0.240 e. The van der Waals surface area contributed by atoms with Gasteiger partial charge < -0.3 is 19.3 Å². The summed E-state index contributed by atoms with van der Waals surface area (Å²) in [7, 11) is 3.54. The largest absolute Gasteiger partial charge is 0.476 e. The summed E-state index contributed by atoms with van der Waals surface area (Å²) in [4.78, 5) is 12.0. The fourth-order valence-corrected chi connectivity index (χ4v) is 5.34. The number of hydrogen-bond acceptors (Lipinski definition) is 9. The molecule has 0 amide bonds. The van der Waals surface area contributed by atoms with E-state index in [9.17, 15) is 5.11 Å². The molecule has 0 unspecified atom stereocenters. The Morgan fingerprint density at radius 3 is 2.73 bits per heavy atom. The maximum Gasteiger partial charge on any atom is 0.240 e. The van der Waals surface area contributed by atoms with Gasteiger partial charge in [-0.05, 0) is 46.4 Å². The highest BCUT2D eigenvalue weighted by Gasteiger charge is 2.27. The predicted molar refractivity (Wildman–Crippen MR) is 156 cm³/mol. The van der Waals surface area contributed by atoms with E-state index in [0.717, 1.165) is 51.8 Å². The van der Waals surface area contributed by atoms with Gasteiger partial charge in [-0.1, -0.05) is 6.92 Å². The Morgan fingerprint density at radius 1 is 1.22 bits per heavy atom. The van der Waals surface area contributed by atoms with Crippen molar-refractivity contribution in [3.05, 3.63) is 40.9 Å². The second-order valence-corrected chi connectivity index (χ2v) is 10.4. The van der Waals surface area contributed by atoms with Crippen molar-refractivity contribution in [1.29, 1.82) is 0 Å². The van der Waals surface area contributed by atoms with Crippen LogP contribution in [-0.4, -0.2) is 83.5 Å². The van der Waals surface area contributed by atoms with Gasteiger partial charge in [0.25, 0.3) is 0 Å². The summed E-state index contributed by atoms with van der Waals surface area (Å²) in [6, 6.07) is -0.222. The second-order valence-electron chi connectivity index (χ2n) is 10.4. The molecule has 12 nitrogen and oxygen atoms in total. The van der Waals surface area contributed by atoms with Gasteiger partial charge in [-0.15, -0.1) is 5.10 Å². The fraction of sp³-hybridized carbons (Fsp3) is 0.517. The van der Waals surface area contributed by atoms with Crippen LogP contribution in [0.15, 0.2) is 12.4 Å². The summed E-state index contributed by atoms with van der Waals surface area (Å²) in [6.07, 6.45) is 7.62. The Bertz CT molecular complexity index is 1550. The Kier molecular flexibility index (Phi) is 8.43. The molecular weight excluding hydrogens is 524 g/mol. The third-order valence-corrected chi connectivity index (χ3v) is 7.37. The van der Waals surface area contributed by atoms with E-state index in [2.05, 4.69) is 18.7 Å². The maximum atomic E-state index is 10.0. The van der Waals surface area contributed by atoms with Gasteiger partial charge in [0.1, 0.15) is 17.6 Å². The molecule has 220 valence electrons. The van der Waals surface area contributed by atoms with E-state index in [1.54, 1.807) is 11.8 Å². The normalized spacial score (nSPS) is 17.5. The monoisotopic (exact) mass is 564 g/mol. The van der Waals surface area contributed by atoms with Crippen LogP contribution in [0.25, 0.3) is 28.9 Å². The van der Waals surface area contributed by atoms with Gasteiger partial charge >= 0.3 is 0 Å². The Balaban J connectivity index is 1.76. The lowest BCUT2D eigenvalue weighted by atomic mass is 10.1. The summed E-state index contributed by atoms with van der Waals surface area (Å²) in [5.74, 6) is 1.90. The lowest BCUT2D eigenvalue weighted by Gasteiger charge is -2.26. The highest BCUT2D eigenvalue weighted by atomic mass is 16.5. The number of methoxy groups -OCH3 is 1. The molecule has 1 N–H and O–H groups in total. The number of aliphatic hydroxyl groups excluding tert-OH is 1. The van der Waals surface area contributed by atoms with Crippen LogP contribution in [0.4, 0.5) is 0 Å². The fourth-order valence-electron chi connectivity index (χ4n) is 5.34. The topological polar surface area (TPSA) is 117 Å². The molecule has 0 fully saturated rings. The first-order valence-electron chi connectivity index (χ1n) is 14.1. The number of aliphatic hydroxyl groups is 1. The SMILES string of the molecule is CCOc1nn([C@@H](C)CO)c2c1/C=C/c1ncc3c(C)nc(cn13)-c1c(COC)nn(C)c1O[C@@H](C)CN(CC)C2. The molecule has 4 aromatic rings. The molecule has 1 aliphatic heterocycles. The van der Waals surface area contributed by atoms with E-state index in [0.29, 0.717) is 38.1 Å². The van der Waals surface area contributed by atoms with Crippen LogP contribution < -0.4 is 9.47 Å². The average Bonchev–Trinajstić information content (AvgIpc) is 3.60. The van der Waals surface area contributed by atoms with Crippen LogP contribution in [0.1, 0.15) is 62.2 Å². The maximum absolute atomic E-state index is 10.0. The van der Waals surface area contributed by atoms with Crippen LogP contribution in [0, 0.1) is 6.92 Å². The van der Waals surface area contributed by atoms with Crippen molar-refractivity contribution in [2.75, 3.05) is 33.4 Å². The van der Waals surface area contributed by atoms with Crippen LogP contribution >= 0.6 is 0 Å². The minimum atomic E-state index is -0.222. The minimum absolute atomic E-state index is 0.0396. The van der Waals surface area contributed by atoms with E-state index < -0.39 is 0 Å². The molecule has 4 aromatic heterocycles. The second kappa shape index (κ2) is 12.0. The lowest BCUT2D eigenvalue weighted by Crippen LogP contribution is -2.35. The zero-order valence-corrected chi connectivity index (χ0v) is 25.0. The molecule has 0 saturated heterocycles. The molecule has 0 aromatic carbocycles. The summed E-state index contributed by atoms with van der Waals surface area (Å²) >= 11 is 0. The first-order valence-corrected chi connectivity index (χ1v) is 14.1. The van der Waals surface area contributed by atoms with Crippen molar-refractivity contribution >= 4 is 17.7 Å². The van der Waals surface area contributed by atoms with Crippen LogP contribution in [0.2, 0.25) is 0 Å². The number of aryl methyl sites for hydroxylation is 2. The van der Waals surface area contributed by atoms with Gasteiger partial charge in [-0.25, -0.2) is 14.6 Å². The highest BCUT2D eigenvalue weighted by Crippen LogP contribution is 2.35. The molecule has 0 spiro atoms. The Hall–Kier alpha value is -3.74. The summed E-state index contributed by atoms with van der Waals surface area (Å²) in [5.41, 5.74) is 5.85. The summed E-state index contributed by atoms with van der Waals surface area (Å²) in [6.45, 7) is 12.8. The first kappa shape index (κ1) is 28.8. The zero-order chi connectivity index (χ0) is 29.3. The number of fused-ring (bicyclic) bond motifs is 4. The van der Waals surface area contributed by atoms with Gasteiger partial charge in [0.2, 0.25) is 11.8 Å². The quantitative estimate of drug-likeness (QED) is 0.360. The number of imidazole rings is 1. The van der Waals surface area contributed by atoms with Gasteiger partial charge in [0.05, 0.1) is 65.8 Å². The minimum Gasteiger partial charge on any atom is -0.476 e. The van der Waals surface area contributed by atoms with Crippen molar-refractivity contribution < 1.29 is 19.3 Å². The van der Waals surface area contributed by atoms with Crippen LogP contribution in [-0.2, 0) is 24.9 Å². The number of hydrogen-bond donors (Lipinski definition) is 1. The van der Waals surface area contributed by atoms with E-state index >= 15 is 0 Å². The van der Waals surface area contributed by atoms with Crippen molar-refractivity contribution in [2.45, 2.75) is 59.9 Å². The molecule has 0 aliphatic carbocycles. The number of ether oxygens (including phenoxy) is 3. The number of aromatic nitrogens is 7. The van der Waals surface area contributed by atoms with Gasteiger partial charge in [0, 0.05) is 33.4 Å². The number of likely N-dealkylation sites (N-methyl/N-ethyl adjacent to an activating group) is 1. The molecule has 12 heteroatoms. The molecule has 1 aliphatic rings. The van der Waals surface area contributed by atoms with E-state index in [-0.39, 0.29) is 18.8 Å². The molecule has 2 bridgehead atoms. The first-order chi connectivity index (χ1) is 19.8. The summed E-state index contributed by atoms with van der Waals surface area (Å²) < 4.78 is 23.8. The van der Waals surface area contributed by atoms with Crippen LogP contribution in [0.5, 0.6) is 11.8 Å². The molecule has 5 rings (SSSR count). The zero-order valence-electron chi connectivity index (χ0n) is 25.0. The number of rotatable bonds is 7. The van der Waals surface area contributed by atoms with Gasteiger partial charge in [-0.2, -0.15) is 5.10 Å². The van der Waals surface area contributed by atoms with Crippen molar-refractivity contribution in [3.63, 3.8) is 0 Å². The molecule has 0 saturated carbocycles. The Labute approximate surface area is 240 Å². The third-order valence-electron chi connectivity index (χ3n) is 7.37. The van der Waals surface area contributed by atoms with Crippen molar-refractivity contribution in [1.82, 2.24) is 38.8 Å². The van der Waals surface area contributed by atoms with E-state index in [4.69, 9.17) is 34.4 Å². The molecule has 2 atom stereocenters. The molecule has 0 radical (unpaired) electrons. The third kappa shape index (κ3) is 5.46. The summed E-state index contributed by atoms with van der Waals surface area (Å²) in [5, 5.41) is 19.6. The molecule has 41 heavy (non-hydrogen) atoms. The van der Waals surface area contributed by atoms with E-state index in [1.165, 1.54) is 0 Å². The highest BCUT2D eigenvalue weighted by molar-refractivity contribution is 5.74. The lowest BCUT2D eigenvalue weighted by molar-refractivity contribution is 0.132. The predicted octanol–water partition coefficient (Wildman–Crippen LogP) is 3.51. The number of nitrogens with zero attached hydrogens (tertiary/aromatic N) is 8. The average molecular weight is 565 g/mol.